The van der Waals surface area contributed by atoms with Crippen molar-refractivity contribution in [3.63, 3.8) is 0 Å². The lowest BCUT2D eigenvalue weighted by molar-refractivity contribution is -0.136. The van der Waals surface area contributed by atoms with Gasteiger partial charge in [0.05, 0.1) is 16.8 Å². The maximum atomic E-state index is 13.3. The van der Waals surface area contributed by atoms with Crippen molar-refractivity contribution in [2.24, 2.45) is 5.14 Å². The fraction of sp³-hybridized carbons (Fsp3) is 0.143. The van der Waals surface area contributed by atoms with Gasteiger partial charge in [0.25, 0.3) is 0 Å². The van der Waals surface area contributed by atoms with E-state index in [1.54, 1.807) is 24.3 Å². The van der Waals surface area contributed by atoms with Crippen molar-refractivity contribution in [3.8, 4) is 0 Å². The van der Waals surface area contributed by atoms with Crippen molar-refractivity contribution < 1.29 is 21.6 Å². The van der Waals surface area contributed by atoms with E-state index in [1.165, 1.54) is 6.07 Å². The molecule has 0 fully saturated rings. The van der Waals surface area contributed by atoms with E-state index in [2.05, 4.69) is 4.98 Å². The third-order valence-electron chi connectivity index (χ3n) is 3.35. The summed E-state index contributed by atoms with van der Waals surface area (Å²) in [5.41, 5.74) is -0.408. The molecule has 3 N–H and O–H groups in total. The predicted octanol–water partition coefficient (Wildman–Crippen LogP) is 3.13. The molecule has 3 aromatic rings. The van der Waals surface area contributed by atoms with Crippen LogP contribution in [0, 0.1) is 0 Å². The second-order valence-electron chi connectivity index (χ2n) is 5.04. The molecule has 116 valence electrons. The predicted molar refractivity (Wildman–Crippen MR) is 77.6 cm³/mol. The number of nitrogens with two attached hydrogens (primary N) is 1. The molecule has 0 atom stereocenters. The normalized spacial score (nSPS) is 13.1. The molecule has 0 radical (unpaired) electrons. The smallest absolute Gasteiger partial charge is 0.354 e. The zero-order chi connectivity index (χ0) is 16.1. The van der Waals surface area contributed by atoms with Gasteiger partial charge in [-0.1, -0.05) is 18.2 Å². The highest BCUT2D eigenvalue weighted by Crippen LogP contribution is 2.38. The van der Waals surface area contributed by atoms with E-state index >= 15 is 0 Å². The average molecular weight is 328 g/mol. The number of benzene rings is 2. The number of alkyl halides is 3. The van der Waals surface area contributed by atoms with Crippen LogP contribution in [-0.4, -0.2) is 13.4 Å². The van der Waals surface area contributed by atoms with Crippen LogP contribution in [0.3, 0.4) is 0 Å². The number of primary sulfonamides is 1. The van der Waals surface area contributed by atoms with Crippen LogP contribution in [0.25, 0.3) is 21.8 Å². The van der Waals surface area contributed by atoms with E-state index in [9.17, 15) is 21.6 Å². The first kappa shape index (κ1) is 14.9. The molecule has 0 bridgehead atoms. The van der Waals surface area contributed by atoms with Gasteiger partial charge in [0.2, 0.25) is 10.0 Å². The Morgan fingerprint density at radius 2 is 1.77 bits per heavy atom. The van der Waals surface area contributed by atoms with E-state index in [-0.39, 0.29) is 11.1 Å². The Labute approximate surface area is 123 Å². The lowest BCUT2D eigenvalue weighted by atomic mass is 10.0. The summed E-state index contributed by atoms with van der Waals surface area (Å²) in [7, 11) is -3.92. The van der Waals surface area contributed by atoms with Crippen molar-refractivity contribution in [1.29, 1.82) is 0 Å². The highest BCUT2D eigenvalue weighted by molar-refractivity contribution is 7.88. The summed E-state index contributed by atoms with van der Waals surface area (Å²) in [6, 6.07) is 8.99. The van der Waals surface area contributed by atoms with Crippen LogP contribution in [0.4, 0.5) is 13.2 Å². The molecule has 8 heteroatoms. The van der Waals surface area contributed by atoms with Crippen molar-refractivity contribution in [2.45, 2.75) is 11.9 Å². The molecule has 0 aliphatic carbocycles. The fourth-order valence-corrected chi connectivity index (χ4v) is 3.18. The molecule has 1 heterocycles. The summed E-state index contributed by atoms with van der Waals surface area (Å²) in [5, 5.41) is 5.86. The lowest BCUT2D eigenvalue weighted by Crippen LogP contribution is -2.15. The molecular weight excluding hydrogens is 317 g/mol. The van der Waals surface area contributed by atoms with Gasteiger partial charge in [0, 0.05) is 16.3 Å². The first-order valence-corrected chi connectivity index (χ1v) is 7.98. The number of aromatic nitrogens is 1. The molecule has 0 aliphatic heterocycles. The van der Waals surface area contributed by atoms with Crippen LogP contribution in [0.2, 0.25) is 0 Å². The molecule has 0 spiro atoms. The average Bonchev–Trinajstić information content (AvgIpc) is 2.73. The Kier molecular flexibility index (Phi) is 3.19. The molecule has 0 saturated carbocycles. The highest BCUT2D eigenvalue weighted by Gasteiger charge is 2.34. The van der Waals surface area contributed by atoms with E-state index in [4.69, 9.17) is 5.14 Å². The summed E-state index contributed by atoms with van der Waals surface area (Å²) in [4.78, 5) is 2.74. The number of nitrogens with one attached hydrogen (secondary N) is 1. The van der Waals surface area contributed by atoms with Crippen molar-refractivity contribution in [3.05, 3.63) is 47.5 Å². The fourth-order valence-electron chi connectivity index (χ4n) is 2.55. The number of sulfonamides is 1. The maximum absolute atomic E-state index is 13.3. The topological polar surface area (TPSA) is 76.0 Å². The first-order valence-electron chi connectivity index (χ1n) is 6.26. The van der Waals surface area contributed by atoms with Crippen LogP contribution in [0.5, 0.6) is 0 Å². The SMILES string of the molecule is NS(=O)(=O)Cc1cc(C(F)(F)F)c2[nH]c3ccccc3c2c1. The van der Waals surface area contributed by atoms with Crippen molar-refractivity contribution in [1.82, 2.24) is 4.98 Å². The van der Waals surface area contributed by atoms with Gasteiger partial charge in [0.1, 0.15) is 0 Å². The number of halogens is 3. The Balaban J connectivity index is 2.39. The number of hydrogen-bond acceptors (Lipinski definition) is 2. The standard InChI is InChI=1S/C14H11F3N2O2S/c15-14(16,17)11-6-8(7-22(18,20)21)5-10-9-3-1-2-4-12(9)19-13(10)11/h1-6,19H,7H2,(H2,18,20,21). The van der Waals surface area contributed by atoms with Crippen LogP contribution in [0.15, 0.2) is 36.4 Å². The number of hydrogen-bond donors (Lipinski definition) is 2. The van der Waals surface area contributed by atoms with Gasteiger partial charge in [-0.05, 0) is 23.8 Å². The van der Waals surface area contributed by atoms with E-state index in [1.807, 2.05) is 0 Å². The Morgan fingerprint density at radius 3 is 2.41 bits per heavy atom. The number of fused-ring (bicyclic) bond motifs is 3. The number of H-pyrrole nitrogens is 1. The molecule has 2 aromatic carbocycles. The molecular formula is C14H11F3N2O2S. The molecule has 0 aliphatic rings. The van der Waals surface area contributed by atoms with Gasteiger partial charge in [-0.2, -0.15) is 13.2 Å². The largest absolute Gasteiger partial charge is 0.418 e. The minimum Gasteiger partial charge on any atom is -0.354 e. The second kappa shape index (κ2) is 4.72. The molecule has 22 heavy (non-hydrogen) atoms. The number of para-hydroxylation sites is 1. The van der Waals surface area contributed by atoms with Crippen molar-refractivity contribution in [2.75, 3.05) is 0 Å². The van der Waals surface area contributed by atoms with Gasteiger partial charge in [0.15, 0.2) is 0 Å². The summed E-state index contributed by atoms with van der Waals surface area (Å²) < 4.78 is 62.2. The summed E-state index contributed by atoms with van der Waals surface area (Å²) in [6.45, 7) is 0. The summed E-state index contributed by atoms with van der Waals surface area (Å²) in [5.74, 6) is -0.647. The van der Waals surface area contributed by atoms with Crippen LogP contribution < -0.4 is 5.14 Å². The molecule has 4 nitrogen and oxygen atoms in total. The number of rotatable bonds is 2. The second-order valence-corrected chi connectivity index (χ2v) is 6.66. The lowest BCUT2D eigenvalue weighted by Gasteiger charge is -2.10. The third-order valence-corrected chi connectivity index (χ3v) is 4.08. The van der Waals surface area contributed by atoms with Crippen LogP contribution in [-0.2, 0) is 22.0 Å². The summed E-state index contributed by atoms with van der Waals surface area (Å²) in [6.07, 6.45) is -4.60. The highest BCUT2D eigenvalue weighted by atomic mass is 32.2. The molecule has 0 unspecified atom stereocenters. The quantitative estimate of drug-likeness (QED) is 0.758. The van der Waals surface area contributed by atoms with Crippen molar-refractivity contribution >= 4 is 31.8 Å². The Hall–Kier alpha value is -2.06. The number of aromatic amines is 1. The van der Waals surface area contributed by atoms with Crippen LogP contribution >= 0.6 is 0 Å². The zero-order valence-corrected chi connectivity index (χ0v) is 11.9. The van der Waals surface area contributed by atoms with Gasteiger partial charge in [-0.3, -0.25) is 0 Å². The van der Waals surface area contributed by atoms with Gasteiger partial charge < -0.3 is 4.98 Å². The Morgan fingerprint density at radius 1 is 1.09 bits per heavy atom. The van der Waals surface area contributed by atoms with Gasteiger partial charge in [-0.15, -0.1) is 0 Å². The molecule has 1 aromatic heterocycles. The first-order chi connectivity index (χ1) is 10.1. The van der Waals surface area contributed by atoms with E-state index in [0.717, 1.165) is 6.07 Å². The minimum atomic E-state index is -4.60. The van der Waals surface area contributed by atoms with E-state index in [0.29, 0.717) is 16.3 Å². The molecule has 3 rings (SSSR count). The monoisotopic (exact) mass is 328 g/mol. The Bertz CT molecular complexity index is 975. The minimum absolute atomic E-state index is 0.00655. The third kappa shape index (κ3) is 2.67. The van der Waals surface area contributed by atoms with Crippen LogP contribution in [0.1, 0.15) is 11.1 Å². The van der Waals surface area contributed by atoms with Gasteiger partial charge >= 0.3 is 6.18 Å². The molecule has 0 amide bonds. The molecule has 0 saturated heterocycles. The zero-order valence-electron chi connectivity index (χ0n) is 11.1. The maximum Gasteiger partial charge on any atom is 0.418 e. The van der Waals surface area contributed by atoms with E-state index < -0.39 is 27.5 Å². The van der Waals surface area contributed by atoms with Gasteiger partial charge in [-0.25, -0.2) is 13.6 Å². The summed E-state index contributed by atoms with van der Waals surface area (Å²) >= 11 is 0.